The predicted octanol–water partition coefficient (Wildman–Crippen LogP) is 2.76. The number of carbonyl (C=O) groups is 1. The third kappa shape index (κ3) is 3.53. The summed E-state index contributed by atoms with van der Waals surface area (Å²) in [4.78, 5) is 11.9. The molecule has 0 bridgehead atoms. The molecule has 1 aromatic heterocycles. The first-order chi connectivity index (χ1) is 9.58. The van der Waals surface area contributed by atoms with Crippen LogP contribution in [0.15, 0.2) is 36.5 Å². The van der Waals surface area contributed by atoms with Gasteiger partial charge in [-0.2, -0.15) is 13.9 Å². The third-order valence-corrected chi connectivity index (χ3v) is 2.51. The zero-order chi connectivity index (χ0) is 14.5. The molecule has 0 aliphatic carbocycles. The first kappa shape index (κ1) is 14.0. The molecule has 1 amide bonds. The van der Waals surface area contributed by atoms with Gasteiger partial charge in [-0.05, 0) is 25.1 Å². The average molecular weight is 281 g/mol. The van der Waals surface area contributed by atoms with Crippen molar-refractivity contribution in [2.24, 2.45) is 0 Å². The Kier molecular flexibility index (Phi) is 4.29. The second kappa shape index (κ2) is 6.14. The number of aryl methyl sites for hydroxylation is 1. The lowest BCUT2D eigenvalue weighted by Gasteiger charge is -2.07. The molecule has 5 nitrogen and oxygen atoms in total. The first-order valence-electron chi connectivity index (χ1n) is 5.98. The van der Waals surface area contributed by atoms with Crippen molar-refractivity contribution < 1.29 is 18.3 Å². The number of nitrogens with zero attached hydrogens (tertiary/aromatic N) is 2. The van der Waals surface area contributed by atoms with E-state index in [2.05, 4.69) is 15.2 Å². The molecule has 7 heteroatoms. The van der Waals surface area contributed by atoms with Crippen LogP contribution in [0.1, 0.15) is 17.4 Å². The van der Waals surface area contributed by atoms with Gasteiger partial charge in [-0.25, -0.2) is 0 Å². The topological polar surface area (TPSA) is 56.2 Å². The van der Waals surface area contributed by atoms with Crippen LogP contribution < -0.4 is 10.1 Å². The summed E-state index contributed by atoms with van der Waals surface area (Å²) in [5, 5.41) is 6.62. The lowest BCUT2D eigenvalue weighted by Crippen LogP contribution is -2.13. The van der Waals surface area contributed by atoms with Crippen LogP contribution in [0.2, 0.25) is 0 Å². The number of carbonyl (C=O) groups excluding carboxylic acids is 1. The second-order valence-corrected chi connectivity index (χ2v) is 3.92. The van der Waals surface area contributed by atoms with Crippen molar-refractivity contribution in [1.82, 2.24) is 9.78 Å². The second-order valence-electron chi connectivity index (χ2n) is 3.92. The van der Waals surface area contributed by atoms with Crippen LogP contribution >= 0.6 is 0 Å². The number of amides is 1. The van der Waals surface area contributed by atoms with Gasteiger partial charge in [0.05, 0.1) is 0 Å². The standard InChI is InChI=1S/C13H13F2N3O2/c1-2-18-7-6-11(17-18)12(19)16-9-4-3-5-10(8-9)20-13(14)15/h3-8,13H,2H2,1H3,(H,16,19). The molecule has 20 heavy (non-hydrogen) atoms. The van der Waals surface area contributed by atoms with Gasteiger partial charge in [0.15, 0.2) is 5.69 Å². The normalized spacial score (nSPS) is 10.6. The van der Waals surface area contributed by atoms with Crippen molar-refractivity contribution in [3.05, 3.63) is 42.2 Å². The van der Waals surface area contributed by atoms with E-state index in [1.807, 2.05) is 6.92 Å². The summed E-state index contributed by atoms with van der Waals surface area (Å²) in [5.41, 5.74) is 0.617. The van der Waals surface area contributed by atoms with Gasteiger partial charge in [-0.1, -0.05) is 6.07 Å². The fourth-order valence-electron chi connectivity index (χ4n) is 1.60. The van der Waals surface area contributed by atoms with E-state index in [0.29, 0.717) is 12.2 Å². The Bertz CT molecular complexity index is 599. The molecule has 2 aromatic rings. The number of hydrogen-bond acceptors (Lipinski definition) is 3. The summed E-state index contributed by atoms with van der Waals surface area (Å²) < 4.78 is 30.1. The van der Waals surface area contributed by atoms with Gasteiger partial charge in [0.2, 0.25) is 0 Å². The molecule has 0 radical (unpaired) electrons. The van der Waals surface area contributed by atoms with Gasteiger partial charge < -0.3 is 10.1 Å². The lowest BCUT2D eigenvalue weighted by atomic mass is 10.3. The maximum absolute atomic E-state index is 12.1. The van der Waals surface area contributed by atoms with E-state index in [0.717, 1.165) is 0 Å². The number of ether oxygens (including phenoxy) is 1. The number of rotatable bonds is 5. The summed E-state index contributed by atoms with van der Waals surface area (Å²) in [7, 11) is 0. The first-order valence-corrected chi connectivity index (χ1v) is 5.98. The number of aromatic nitrogens is 2. The number of alkyl halides is 2. The summed E-state index contributed by atoms with van der Waals surface area (Å²) >= 11 is 0. The molecule has 0 fully saturated rings. The van der Waals surface area contributed by atoms with Gasteiger partial charge in [-0.3, -0.25) is 9.48 Å². The van der Waals surface area contributed by atoms with Gasteiger partial charge >= 0.3 is 6.61 Å². The smallest absolute Gasteiger partial charge is 0.387 e. The molecule has 0 unspecified atom stereocenters. The van der Waals surface area contributed by atoms with E-state index in [1.165, 1.54) is 18.2 Å². The van der Waals surface area contributed by atoms with E-state index in [4.69, 9.17) is 0 Å². The van der Waals surface area contributed by atoms with Gasteiger partial charge in [0.25, 0.3) is 5.91 Å². The highest BCUT2D eigenvalue weighted by Gasteiger charge is 2.10. The number of anilines is 1. The van der Waals surface area contributed by atoms with E-state index < -0.39 is 12.5 Å². The van der Waals surface area contributed by atoms with Gasteiger partial charge in [0, 0.05) is 24.5 Å². The summed E-state index contributed by atoms with van der Waals surface area (Å²) in [6.07, 6.45) is 1.69. The van der Waals surface area contributed by atoms with E-state index in [9.17, 15) is 13.6 Å². The quantitative estimate of drug-likeness (QED) is 0.916. The molecule has 1 N–H and O–H groups in total. The van der Waals surface area contributed by atoms with Crippen molar-refractivity contribution in [3.63, 3.8) is 0 Å². The molecule has 0 saturated carbocycles. The Hall–Kier alpha value is -2.44. The highest BCUT2D eigenvalue weighted by Crippen LogP contribution is 2.19. The molecule has 106 valence electrons. The predicted molar refractivity (Wildman–Crippen MR) is 68.9 cm³/mol. The van der Waals surface area contributed by atoms with Crippen LogP contribution in [0.3, 0.4) is 0 Å². The molecule has 0 aliphatic rings. The Morgan fingerprint density at radius 2 is 2.25 bits per heavy atom. The summed E-state index contributed by atoms with van der Waals surface area (Å²) in [6, 6.07) is 7.37. The molecular formula is C13H13F2N3O2. The van der Waals surface area contributed by atoms with Crippen molar-refractivity contribution in [2.75, 3.05) is 5.32 Å². The lowest BCUT2D eigenvalue weighted by molar-refractivity contribution is -0.0497. The molecule has 2 rings (SSSR count). The minimum Gasteiger partial charge on any atom is -0.435 e. The molecule has 0 aliphatic heterocycles. The largest absolute Gasteiger partial charge is 0.435 e. The maximum Gasteiger partial charge on any atom is 0.387 e. The zero-order valence-electron chi connectivity index (χ0n) is 10.7. The van der Waals surface area contributed by atoms with Crippen LogP contribution in [0.5, 0.6) is 5.75 Å². The maximum atomic E-state index is 12.1. The van der Waals surface area contributed by atoms with Crippen molar-refractivity contribution in [3.8, 4) is 5.75 Å². The van der Waals surface area contributed by atoms with Crippen LogP contribution in [0, 0.1) is 0 Å². The number of nitrogens with one attached hydrogen (secondary N) is 1. The van der Waals surface area contributed by atoms with Crippen molar-refractivity contribution in [1.29, 1.82) is 0 Å². The van der Waals surface area contributed by atoms with E-state index in [1.54, 1.807) is 23.0 Å². The molecule has 0 saturated heterocycles. The fraction of sp³-hybridized carbons (Fsp3) is 0.231. The number of hydrogen-bond donors (Lipinski definition) is 1. The Morgan fingerprint density at radius 3 is 2.90 bits per heavy atom. The molecule has 0 atom stereocenters. The minimum absolute atomic E-state index is 0.0168. The molecule has 1 aromatic carbocycles. The van der Waals surface area contributed by atoms with Crippen LogP contribution in [-0.2, 0) is 6.54 Å². The monoisotopic (exact) mass is 281 g/mol. The van der Waals surface area contributed by atoms with E-state index in [-0.39, 0.29) is 11.4 Å². The Balaban J connectivity index is 2.07. The fourth-order valence-corrected chi connectivity index (χ4v) is 1.60. The Labute approximate surface area is 114 Å². The zero-order valence-corrected chi connectivity index (χ0v) is 10.7. The van der Waals surface area contributed by atoms with Crippen LogP contribution in [0.4, 0.5) is 14.5 Å². The summed E-state index contributed by atoms with van der Waals surface area (Å²) in [6.45, 7) is -0.341. The van der Waals surface area contributed by atoms with Crippen LogP contribution in [0.25, 0.3) is 0 Å². The minimum atomic E-state index is -2.90. The van der Waals surface area contributed by atoms with Crippen molar-refractivity contribution in [2.45, 2.75) is 20.1 Å². The van der Waals surface area contributed by atoms with Crippen molar-refractivity contribution >= 4 is 11.6 Å². The van der Waals surface area contributed by atoms with Gasteiger partial charge in [0.1, 0.15) is 5.75 Å². The SMILES string of the molecule is CCn1ccc(C(=O)Nc2cccc(OC(F)F)c2)n1. The Morgan fingerprint density at radius 1 is 1.45 bits per heavy atom. The number of benzene rings is 1. The van der Waals surface area contributed by atoms with Crippen LogP contribution in [-0.4, -0.2) is 22.3 Å². The molecule has 0 spiro atoms. The average Bonchev–Trinajstić information content (AvgIpc) is 2.87. The molecular weight excluding hydrogens is 268 g/mol. The highest BCUT2D eigenvalue weighted by molar-refractivity contribution is 6.02. The van der Waals surface area contributed by atoms with Gasteiger partial charge in [-0.15, -0.1) is 0 Å². The molecule has 1 heterocycles. The third-order valence-electron chi connectivity index (χ3n) is 2.51. The number of halogens is 2. The van der Waals surface area contributed by atoms with E-state index >= 15 is 0 Å². The summed E-state index contributed by atoms with van der Waals surface area (Å²) in [5.74, 6) is -0.428. The highest BCUT2D eigenvalue weighted by atomic mass is 19.3.